The summed E-state index contributed by atoms with van der Waals surface area (Å²) in [4.78, 5) is 79.7. The Morgan fingerprint density at radius 1 is 0.770 bits per heavy atom. The number of nitrogens with zero attached hydrogens (tertiary/aromatic N) is 6. The number of amides is 5. The van der Waals surface area contributed by atoms with Crippen molar-refractivity contribution in [2.45, 2.75) is 135 Å². The number of unbranched alkanes of at least 4 members (excludes halogenated alkanes) is 5. The summed E-state index contributed by atoms with van der Waals surface area (Å²) >= 11 is 0. The first-order valence-electron chi connectivity index (χ1n) is 26.6. The van der Waals surface area contributed by atoms with E-state index < -0.39 is 29.1 Å². The summed E-state index contributed by atoms with van der Waals surface area (Å²) in [6.45, 7) is 10.2. The average Bonchev–Trinajstić information content (AvgIpc) is 3.72. The molecule has 3 aromatic carbocycles. The lowest BCUT2D eigenvalue weighted by molar-refractivity contribution is -0.137. The van der Waals surface area contributed by atoms with Crippen molar-refractivity contribution in [3.8, 4) is 0 Å². The first-order valence-corrected chi connectivity index (χ1v) is 26.6. The number of hydrogen-bond donors (Lipinski definition) is 5. The van der Waals surface area contributed by atoms with E-state index in [4.69, 9.17) is 0 Å². The predicted octanol–water partition coefficient (Wildman–Crippen LogP) is 7.18. The largest absolute Gasteiger partial charge is 0.385 e. The molecule has 16 nitrogen and oxygen atoms in total. The monoisotopic (exact) mass is 1020 g/mol. The van der Waals surface area contributed by atoms with Crippen LogP contribution in [0.25, 0.3) is 0 Å². The van der Waals surface area contributed by atoms with Crippen LogP contribution in [0.4, 0.5) is 31.8 Å². The third-order valence-corrected chi connectivity index (χ3v) is 15.7. The zero-order chi connectivity index (χ0) is 51.8. The van der Waals surface area contributed by atoms with Gasteiger partial charge in [0.05, 0.1) is 17.8 Å². The minimum Gasteiger partial charge on any atom is -0.385 e. The van der Waals surface area contributed by atoms with Crippen molar-refractivity contribution >= 4 is 52.5 Å². The number of likely N-dealkylation sites (tertiary alicyclic amines) is 1. The van der Waals surface area contributed by atoms with Gasteiger partial charge in [-0.05, 0) is 92.8 Å². The first kappa shape index (κ1) is 52.2. The molecule has 1 aromatic heterocycles. The predicted molar refractivity (Wildman–Crippen MR) is 280 cm³/mol. The standard InChI is InChI=1S/C56H71F2N11O5/c1-55(2)18-23-66(24-19-55)33-40-28-44(58)47(29-43(40)57)68-35-52(72)65-56(36-68)20-25-67(26-21-56)49-30-48(62-37-63-49)60-31-38-11-9-12-39(27-38)32-61-50(70)15-7-5-3-4-6-8-22-59-45-14-10-13-41-42(45)34-69(54(41)74)46-16-17-51(71)64-53(46)73/h9-14,27-30,37,46,59H,3-8,15-26,31-36H2,1-2H3,(H,61,70)(H,65,72)(H,60,62,63)(H,64,71,73). The Kier molecular flexibility index (Phi) is 16.4. The van der Waals surface area contributed by atoms with Crippen LogP contribution in [0.1, 0.15) is 130 Å². The molecule has 0 radical (unpaired) electrons. The maximum absolute atomic E-state index is 15.7. The third kappa shape index (κ3) is 13.0. The van der Waals surface area contributed by atoms with Crippen molar-refractivity contribution in [3.05, 3.63) is 106 Å². The van der Waals surface area contributed by atoms with Crippen molar-refractivity contribution in [1.82, 2.24) is 35.7 Å². The molecule has 5 amide bonds. The molecule has 74 heavy (non-hydrogen) atoms. The van der Waals surface area contributed by atoms with E-state index in [0.29, 0.717) is 88.4 Å². The number of halogens is 2. The van der Waals surface area contributed by atoms with Gasteiger partial charge in [-0.15, -0.1) is 0 Å². The molecule has 0 bridgehead atoms. The second kappa shape index (κ2) is 23.2. The van der Waals surface area contributed by atoms with Gasteiger partial charge in [0, 0.05) is 99.7 Å². The number of anilines is 4. The summed E-state index contributed by atoms with van der Waals surface area (Å²) in [6, 6.07) is 17.6. The Morgan fingerprint density at radius 3 is 2.30 bits per heavy atom. The molecule has 1 atom stereocenters. The summed E-state index contributed by atoms with van der Waals surface area (Å²) in [5, 5.41) is 15.5. The highest BCUT2D eigenvalue weighted by atomic mass is 19.1. The maximum Gasteiger partial charge on any atom is 0.255 e. The quantitative estimate of drug-likeness (QED) is 0.0445. The van der Waals surface area contributed by atoms with Crippen LogP contribution in [0.3, 0.4) is 0 Å². The van der Waals surface area contributed by atoms with Gasteiger partial charge in [-0.2, -0.15) is 0 Å². The van der Waals surface area contributed by atoms with Gasteiger partial charge in [-0.25, -0.2) is 18.7 Å². The number of benzene rings is 3. The topological polar surface area (TPSA) is 184 Å². The number of aromatic nitrogens is 2. The molecule has 6 heterocycles. The first-order chi connectivity index (χ1) is 35.7. The molecule has 0 saturated carbocycles. The molecule has 4 aromatic rings. The van der Waals surface area contributed by atoms with Gasteiger partial charge in [0.1, 0.15) is 35.6 Å². The number of carbonyl (C=O) groups is 5. The molecule has 18 heteroatoms. The van der Waals surface area contributed by atoms with Crippen LogP contribution in [0.5, 0.6) is 0 Å². The Labute approximate surface area is 432 Å². The lowest BCUT2D eigenvalue weighted by Crippen LogP contribution is -2.66. The summed E-state index contributed by atoms with van der Waals surface area (Å²) < 4.78 is 31.2. The second-order valence-electron chi connectivity index (χ2n) is 21.7. The van der Waals surface area contributed by atoms with Crippen molar-refractivity contribution in [2.24, 2.45) is 5.41 Å². The Balaban J connectivity index is 0.654. The highest BCUT2D eigenvalue weighted by Crippen LogP contribution is 2.36. The van der Waals surface area contributed by atoms with E-state index in [0.717, 1.165) is 99.2 Å². The fraction of sp³-hybridized carbons (Fsp3) is 0.518. The second-order valence-corrected chi connectivity index (χ2v) is 21.7. The van der Waals surface area contributed by atoms with Gasteiger partial charge in [0.15, 0.2) is 0 Å². The molecule has 1 unspecified atom stereocenters. The van der Waals surface area contributed by atoms with Crippen LogP contribution < -0.4 is 36.4 Å². The Morgan fingerprint density at radius 2 is 1.51 bits per heavy atom. The lowest BCUT2D eigenvalue weighted by atomic mass is 9.82. The molecular formula is C56H71F2N11O5. The highest BCUT2D eigenvalue weighted by molar-refractivity contribution is 6.06. The minimum absolute atomic E-state index is 0.0324. The van der Waals surface area contributed by atoms with Gasteiger partial charge in [0.2, 0.25) is 23.6 Å². The summed E-state index contributed by atoms with van der Waals surface area (Å²) in [5.74, 6) is -0.576. The van der Waals surface area contributed by atoms with Crippen LogP contribution in [0, 0.1) is 17.0 Å². The lowest BCUT2D eigenvalue weighted by Gasteiger charge is -2.48. The molecule has 4 fully saturated rings. The molecule has 9 rings (SSSR count). The van der Waals surface area contributed by atoms with E-state index in [1.54, 1.807) is 15.9 Å². The van der Waals surface area contributed by atoms with E-state index in [-0.39, 0.29) is 47.7 Å². The number of nitrogens with one attached hydrogen (secondary N) is 5. The van der Waals surface area contributed by atoms with E-state index >= 15 is 8.78 Å². The normalized spacial score (nSPS) is 19.6. The number of rotatable bonds is 20. The number of carbonyl (C=O) groups excluding carboxylic acids is 5. The smallest absolute Gasteiger partial charge is 0.255 e. The molecule has 5 aliphatic rings. The summed E-state index contributed by atoms with van der Waals surface area (Å²) in [6.07, 6.45) is 11.8. The molecule has 5 aliphatic heterocycles. The van der Waals surface area contributed by atoms with E-state index in [2.05, 4.69) is 66.3 Å². The van der Waals surface area contributed by atoms with Crippen LogP contribution in [0.15, 0.2) is 67.0 Å². The number of imide groups is 1. The average molecular weight is 1020 g/mol. The number of piperidine rings is 3. The zero-order valence-electron chi connectivity index (χ0n) is 42.9. The van der Waals surface area contributed by atoms with Crippen LogP contribution in [0.2, 0.25) is 0 Å². The molecule has 4 saturated heterocycles. The minimum atomic E-state index is -0.633. The van der Waals surface area contributed by atoms with Crippen LogP contribution >= 0.6 is 0 Å². The number of fused-ring (bicyclic) bond motifs is 1. The fourth-order valence-electron chi connectivity index (χ4n) is 11.1. The van der Waals surface area contributed by atoms with Crippen molar-refractivity contribution in [3.63, 3.8) is 0 Å². The van der Waals surface area contributed by atoms with E-state index in [1.165, 1.54) is 18.5 Å². The van der Waals surface area contributed by atoms with Gasteiger partial charge in [0.25, 0.3) is 5.91 Å². The fourth-order valence-corrected chi connectivity index (χ4v) is 11.1. The molecule has 0 aliphatic carbocycles. The maximum atomic E-state index is 15.7. The van der Waals surface area contributed by atoms with Gasteiger partial charge in [-0.1, -0.05) is 69.9 Å². The molecule has 5 N–H and O–H groups in total. The SMILES string of the molecule is CC1(C)CCN(Cc2cc(F)c(N3CC(=O)NC4(CCN(c5cc(NCc6cccc(CNC(=O)CCCCCCCCNc7cccc8c7CN(C7CCC(=O)NC7=O)C8=O)c6)ncn5)CC4)C3)cc2F)CC1. The summed E-state index contributed by atoms with van der Waals surface area (Å²) in [7, 11) is 0. The van der Waals surface area contributed by atoms with Gasteiger partial charge < -0.3 is 36.0 Å². The van der Waals surface area contributed by atoms with Gasteiger partial charge in [-0.3, -0.25) is 34.2 Å². The van der Waals surface area contributed by atoms with E-state index in [9.17, 15) is 24.0 Å². The van der Waals surface area contributed by atoms with Crippen LogP contribution in [-0.4, -0.2) is 107 Å². The van der Waals surface area contributed by atoms with Crippen molar-refractivity contribution in [1.29, 1.82) is 0 Å². The molecule has 1 spiro atoms. The third-order valence-electron chi connectivity index (χ3n) is 15.7. The Hall–Kier alpha value is -6.69. The zero-order valence-corrected chi connectivity index (χ0v) is 42.9. The number of piperazine rings is 1. The van der Waals surface area contributed by atoms with Crippen LogP contribution in [-0.2, 0) is 45.4 Å². The molecular weight excluding hydrogens is 945 g/mol. The van der Waals surface area contributed by atoms with Crippen molar-refractivity contribution in [2.75, 3.05) is 66.2 Å². The highest BCUT2D eigenvalue weighted by Gasteiger charge is 2.43. The van der Waals surface area contributed by atoms with Crippen molar-refractivity contribution < 1.29 is 32.8 Å². The summed E-state index contributed by atoms with van der Waals surface area (Å²) in [5.41, 5.74) is 4.60. The van der Waals surface area contributed by atoms with Gasteiger partial charge >= 0.3 is 0 Å². The number of hydrogen-bond acceptors (Lipinski definition) is 12. The molecule has 394 valence electrons. The van der Waals surface area contributed by atoms with E-state index in [1.807, 2.05) is 36.4 Å². The Bertz CT molecular complexity index is 2700.